The first-order valence-corrected chi connectivity index (χ1v) is 10.4. The molecule has 0 unspecified atom stereocenters. The third-order valence-corrected chi connectivity index (χ3v) is 4.62. The van der Waals surface area contributed by atoms with Gasteiger partial charge in [-0.1, -0.05) is 13.3 Å². The van der Waals surface area contributed by atoms with Crippen LogP contribution in [0.3, 0.4) is 0 Å². The third kappa shape index (κ3) is 5.57. The highest BCUT2D eigenvalue weighted by atomic mass is 32.2. The first-order valence-electron chi connectivity index (χ1n) is 8.50. The molecule has 0 bridgehead atoms. The highest BCUT2D eigenvalue weighted by Gasteiger charge is 2.23. The molecule has 0 aliphatic carbocycles. The maximum Gasteiger partial charge on any atom is 0.257 e. The summed E-state index contributed by atoms with van der Waals surface area (Å²) in [6, 6.07) is 1.58. The Labute approximate surface area is 149 Å². The zero-order chi connectivity index (χ0) is 18.4. The smallest absolute Gasteiger partial charge is 0.257 e. The van der Waals surface area contributed by atoms with Gasteiger partial charge >= 0.3 is 0 Å². The molecule has 0 radical (unpaired) electrons. The van der Waals surface area contributed by atoms with Crippen LogP contribution in [0.25, 0.3) is 0 Å². The predicted octanol–water partition coefficient (Wildman–Crippen LogP) is 0.735. The van der Waals surface area contributed by atoms with Crippen molar-refractivity contribution in [3.05, 3.63) is 17.8 Å². The Kier molecular flexibility index (Phi) is 6.60. The summed E-state index contributed by atoms with van der Waals surface area (Å²) in [5.74, 6) is 0.459. The fourth-order valence-electron chi connectivity index (χ4n) is 2.72. The van der Waals surface area contributed by atoms with Crippen LogP contribution >= 0.6 is 0 Å². The summed E-state index contributed by atoms with van der Waals surface area (Å²) in [5.41, 5.74) is 0.725. The van der Waals surface area contributed by atoms with E-state index >= 15 is 0 Å². The normalized spacial score (nSPS) is 15.1. The number of aromatic nitrogens is 1. The highest BCUT2D eigenvalue weighted by Crippen LogP contribution is 2.24. The molecule has 9 heteroatoms. The summed E-state index contributed by atoms with van der Waals surface area (Å²) in [6.07, 6.45) is 4.45. The van der Waals surface area contributed by atoms with Gasteiger partial charge in [0.15, 0.2) is 0 Å². The molecular weight excluding hydrogens is 342 g/mol. The highest BCUT2D eigenvalue weighted by molar-refractivity contribution is 7.92. The van der Waals surface area contributed by atoms with E-state index in [1.54, 1.807) is 18.0 Å². The molecular formula is C16H27N5O3S. The number of anilines is 2. The number of rotatable bonds is 7. The molecule has 2 rings (SSSR count). The van der Waals surface area contributed by atoms with Crippen LogP contribution in [-0.2, 0) is 10.0 Å². The van der Waals surface area contributed by atoms with Gasteiger partial charge in [0.25, 0.3) is 5.91 Å². The minimum atomic E-state index is -3.43. The van der Waals surface area contributed by atoms with Crippen molar-refractivity contribution in [3.8, 4) is 0 Å². The summed E-state index contributed by atoms with van der Waals surface area (Å²) >= 11 is 0. The van der Waals surface area contributed by atoms with Crippen molar-refractivity contribution < 1.29 is 13.2 Å². The van der Waals surface area contributed by atoms with Crippen LogP contribution in [0.4, 0.5) is 11.5 Å². The standard InChI is InChI=1S/C16H27N5O3S/c1-4-5-8-20(2)16(22)14-11-13(19-25(3,23)24)12-18-15(14)21-9-6-17-7-10-21/h11-12,17,19H,4-10H2,1-3H3. The van der Waals surface area contributed by atoms with Crippen molar-refractivity contribution in [2.75, 3.05) is 55.6 Å². The summed E-state index contributed by atoms with van der Waals surface area (Å²) in [7, 11) is -1.67. The molecule has 0 aromatic carbocycles. The number of amides is 1. The van der Waals surface area contributed by atoms with E-state index < -0.39 is 10.0 Å². The Morgan fingerprint density at radius 1 is 1.40 bits per heavy atom. The van der Waals surface area contributed by atoms with E-state index in [0.29, 0.717) is 23.6 Å². The number of hydrogen-bond donors (Lipinski definition) is 2. The van der Waals surface area contributed by atoms with E-state index in [1.165, 1.54) is 6.20 Å². The van der Waals surface area contributed by atoms with Crippen LogP contribution in [-0.4, -0.2) is 70.2 Å². The molecule has 2 heterocycles. The minimum Gasteiger partial charge on any atom is -0.353 e. The van der Waals surface area contributed by atoms with Crippen molar-refractivity contribution in [1.82, 2.24) is 15.2 Å². The van der Waals surface area contributed by atoms with E-state index in [1.807, 2.05) is 0 Å². The number of piperazine rings is 1. The number of pyridine rings is 1. The molecule has 0 atom stereocenters. The second-order valence-corrected chi connectivity index (χ2v) is 8.04. The molecule has 1 saturated heterocycles. The van der Waals surface area contributed by atoms with Crippen LogP contribution in [0, 0.1) is 0 Å². The van der Waals surface area contributed by atoms with Crippen molar-refractivity contribution in [2.24, 2.45) is 0 Å². The molecule has 1 amide bonds. The third-order valence-electron chi connectivity index (χ3n) is 4.01. The van der Waals surface area contributed by atoms with Crippen LogP contribution in [0.1, 0.15) is 30.1 Å². The molecule has 1 aromatic rings. The van der Waals surface area contributed by atoms with Gasteiger partial charge in [-0.25, -0.2) is 13.4 Å². The minimum absolute atomic E-state index is 0.147. The molecule has 8 nitrogen and oxygen atoms in total. The van der Waals surface area contributed by atoms with Gasteiger partial charge < -0.3 is 15.1 Å². The molecule has 0 saturated carbocycles. The van der Waals surface area contributed by atoms with Gasteiger partial charge in [0.1, 0.15) is 5.82 Å². The Morgan fingerprint density at radius 2 is 2.08 bits per heavy atom. The molecule has 1 aliphatic heterocycles. The number of carbonyl (C=O) groups is 1. The Balaban J connectivity index is 2.35. The first-order chi connectivity index (χ1) is 11.8. The monoisotopic (exact) mass is 369 g/mol. The van der Waals surface area contributed by atoms with Gasteiger partial charge in [-0.15, -0.1) is 0 Å². The van der Waals surface area contributed by atoms with Crippen LogP contribution in [0.5, 0.6) is 0 Å². The molecule has 25 heavy (non-hydrogen) atoms. The lowest BCUT2D eigenvalue weighted by Crippen LogP contribution is -2.45. The molecule has 0 spiro atoms. The largest absolute Gasteiger partial charge is 0.353 e. The van der Waals surface area contributed by atoms with Gasteiger partial charge in [0.05, 0.1) is 23.7 Å². The number of sulfonamides is 1. The van der Waals surface area contributed by atoms with Crippen LogP contribution in [0.2, 0.25) is 0 Å². The van der Waals surface area contributed by atoms with Gasteiger partial charge in [-0.05, 0) is 12.5 Å². The lowest BCUT2D eigenvalue weighted by molar-refractivity contribution is 0.0793. The Hall–Kier alpha value is -1.87. The lowest BCUT2D eigenvalue weighted by Gasteiger charge is -2.30. The second-order valence-electron chi connectivity index (χ2n) is 6.29. The van der Waals surface area contributed by atoms with E-state index in [9.17, 15) is 13.2 Å². The quantitative estimate of drug-likeness (QED) is 0.736. The van der Waals surface area contributed by atoms with Crippen LogP contribution < -0.4 is 14.9 Å². The molecule has 1 aromatic heterocycles. The average Bonchev–Trinajstić information content (AvgIpc) is 2.58. The average molecular weight is 369 g/mol. The predicted molar refractivity (Wildman–Crippen MR) is 99.7 cm³/mol. The van der Waals surface area contributed by atoms with Crippen molar-refractivity contribution >= 4 is 27.4 Å². The number of carbonyl (C=O) groups excluding carboxylic acids is 1. The van der Waals surface area contributed by atoms with Crippen molar-refractivity contribution in [1.29, 1.82) is 0 Å². The molecule has 140 valence electrons. The number of nitrogens with zero attached hydrogens (tertiary/aromatic N) is 3. The van der Waals surface area contributed by atoms with Crippen molar-refractivity contribution in [2.45, 2.75) is 19.8 Å². The zero-order valence-corrected chi connectivity index (χ0v) is 15.9. The summed E-state index contributed by atoms with van der Waals surface area (Å²) in [4.78, 5) is 21.0. The Morgan fingerprint density at radius 3 is 2.68 bits per heavy atom. The molecule has 1 fully saturated rings. The maximum atomic E-state index is 12.9. The van der Waals surface area contributed by atoms with E-state index in [2.05, 4.69) is 26.8 Å². The first kappa shape index (κ1) is 19.5. The molecule has 2 N–H and O–H groups in total. The van der Waals surface area contributed by atoms with Crippen molar-refractivity contribution in [3.63, 3.8) is 0 Å². The fourth-order valence-corrected chi connectivity index (χ4v) is 3.26. The maximum absolute atomic E-state index is 12.9. The van der Waals surface area contributed by atoms with Gasteiger partial charge in [-0.3, -0.25) is 9.52 Å². The summed E-state index contributed by atoms with van der Waals surface area (Å²) in [6.45, 7) is 5.88. The van der Waals surface area contributed by atoms with E-state index in [-0.39, 0.29) is 5.91 Å². The Bertz CT molecular complexity index is 702. The number of unbranched alkanes of at least 4 members (excludes halogenated alkanes) is 1. The second kappa shape index (κ2) is 8.48. The van der Waals surface area contributed by atoms with E-state index in [0.717, 1.165) is 45.3 Å². The number of nitrogens with one attached hydrogen (secondary N) is 2. The zero-order valence-electron chi connectivity index (χ0n) is 15.1. The molecule has 1 aliphatic rings. The number of hydrogen-bond acceptors (Lipinski definition) is 6. The van der Waals surface area contributed by atoms with Gasteiger partial charge in [-0.2, -0.15) is 0 Å². The van der Waals surface area contributed by atoms with E-state index in [4.69, 9.17) is 0 Å². The summed E-state index contributed by atoms with van der Waals surface area (Å²) < 4.78 is 25.4. The fraction of sp³-hybridized carbons (Fsp3) is 0.625. The van der Waals surface area contributed by atoms with Gasteiger partial charge in [0, 0.05) is 39.8 Å². The topological polar surface area (TPSA) is 94.6 Å². The lowest BCUT2D eigenvalue weighted by atomic mass is 10.1. The van der Waals surface area contributed by atoms with Crippen LogP contribution in [0.15, 0.2) is 12.3 Å². The summed E-state index contributed by atoms with van der Waals surface area (Å²) in [5, 5.41) is 3.27. The van der Waals surface area contributed by atoms with Gasteiger partial charge in [0.2, 0.25) is 10.0 Å². The SMILES string of the molecule is CCCCN(C)C(=O)c1cc(NS(C)(=O)=O)cnc1N1CCNCC1.